The quantitative estimate of drug-likeness (QED) is 0.458. The van der Waals surface area contributed by atoms with Crippen molar-refractivity contribution in [3.63, 3.8) is 0 Å². The Morgan fingerprint density at radius 1 is 1.21 bits per heavy atom. The molecule has 0 bridgehead atoms. The topological polar surface area (TPSA) is 77.6 Å². The third-order valence-electron chi connectivity index (χ3n) is 5.94. The van der Waals surface area contributed by atoms with Crippen molar-refractivity contribution in [2.24, 2.45) is 7.05 Å². The molecule has 10 heteroatoms. The maximum Gasteiger partial charge on any atom is 0.261 e. The number of halogens is 2. The fourth-order valence-corrected chi connectivity index (χ4v) is 4.16. The van der Waals surface area contributed by atoms with Crippen molar-refractivity contribution in [1.82, 2.24) is 24.1 Å². The zero-order chi connectivity index (χ0) is 23.3. The second kappa shape index (κ2) is 8.24. The monoisotopic (exact) mass is 468 g/mol. The molecule has 1 saturated heterocycles. The maximum atomic E-state index is 14.9. The highest BCUT2D eigenvalue weighted by molar-refractivity contribution is 6.30. The molecule has 0 N–H and O–H groups in total. The van der Waals surface area contributed by atoms with Crippen LogP contribution in [0.5, 0.6) is 0 Å². The second-order valence-electron chi connectivity index (χ2n) is 8.15. The number of aromatic nitrogens is 5. The molecule has 3 aromatic heterocycles. The van der Waals surface area contributed by atoms with Gasteiger partial charge in [-0.05, 0) is 32.0 Å². The van der Waals surface area contributed by atoms with Gasteiger partial charge in [0.05, 0.1) is 25.5 Å². The van der Waals surface area contributed by atoms with E-state index in [1.54, 1.807) is 43.1 Å². The Morgan fingerprint density at radius 2 is 2.03 bits per heavy atom. The van der Waals surface area contributed by atoms with Crippen LogP contribution < -0.4 is 10.5 Å². The molecule has 0 aliphatic carbocycles. The number of ether oxygens (including phenoxy) is 1. The Balaban J connectivity index is 1.67. The Labute approximate surface area is 194 Å². The van der Waals surface area contributed by atoms with Gasteiger partial charge in [-0.3, -0.25) is 13.9 Å². The lowest BCUT2D eigenvalue weighted by molar-refractivity contribution is 0.0394. The van der Waals surface area contributed by atoms with E-state index in [4.69, 9.17) is 21.3 Å². The fraction of sp³-hybridized carbons (Fsp3) is 0.304. The molecule has 4 heterocycles. The van der Waals surface area contributed by atoms with E-state index < -0.39 is 5.82 Å². The van der Waals surface area contributed by atoms with Crippen LogP contribution in [0, 0.1) is 19.7 Å². The SMILES string of the molecule is Cc1nc2c(-c3ccc(Cl)cc3F)nc(N3CCOC(c4cnn(C)c4)C3)cn2c(=O)c1C. The first-order valence-electron chi connectivity index (χ1n) is 10.5. The van der Waals surface area contributed by atoms with E-state index in [0.29, 0.717) is 42.4 Å². The van der Waals surface area contributed by atoms with Crippen molar-refractivity contribution in [2.45, 2.75) is 20.0 Å². The van der Waals surface area contributed by atoms with Crippen molar-refractivity contribution in [2.75, 3.05) is 24.6 Å². The summed E-state index contributed by atoms with van der Waals surface area (Å²) in [7, 11) is 1.85. The normalized spacial score (nSPS) is 16.5. The van der Waals surface area contributed by atoms with Crippen LogP contribution in [0.25, 0.3) is 16.9 Å². The smallest absolute Gasteiger partial charge is 0.261 e. The summed E-state index contributed by atoms with van der Waals surface area (Å²) in [5.41, 5.74) is 2.66. The van der Waals surface area contributed by atoms with Gasteiger partial charge in [0, 0.05) is 47.2 Å². The predicted octanol–water partition coefficient (Wildman–Crippen LogP) is 3.48. The summed E-state index contributed by atoms with van der Waals surface area (Å²) in [6.45, 7) is 5.05. The van der Waals surface area contributed by atoms with Gasteiger partial charge in [-0.25, -0.2) is 14.4 Å². The molecule has 0 saturated carbocycles. The van der Waals surface area contributed by atoms with Crippen LogP contribution in [0.4, 0.5) is 10.2 Å². The van der Waals surface area contributed by atoms with Crippen LogP contribution in [-0.2, 0) is 11.8 Å². The molecule has 5 rings (SSSR count). The average molecular weight is 469 g/mol. The lowest BCUT2D eigenvalue weighted by Gasteiger charge is -2.33. The van der Waals surface area contributed by atoms with Crippen LogP contribution in [0.3, 0.4) is 0 Å². The van der Waals surface area contributed by atoms with E-state index in [0.717, 1.165) is 5.56 Å². The largest absolute Gasteiger partial charge is 0.370 e. The van der Waals surface area contributed by atoms with E-state index in [2.05, 4.69) is 10.1 Å². The van der Waals surface area contributed by atoms with E-state index in [-0.39, 0.29) is 27.9 Å². The van der Waals surface area contributed by atoms with Gasteiger partial charge in [-0.1, -0.05) is 11.6 Å². The summed E-state index contributed by atoms with van der Waals surface area (Å²) >= 11 is 5.96. The van der Waals surface area contributed by atoms with Crippen molar-refractivity contribution < 1.29 is 9.13 Å². The first kappa shape index (κ1) is 21.5. The molecule has 1 aliphatic heterocycles. The van der Waals surface area contributed by atoms with Gasteiger partial charge in [-0.2, -0.15) is 5.10 Å². The maximum absolute atomic E-state index is 14.9. The first-order chi connectivity index (χ1) is 15.8. The number of rotatable bonds is 3. The van der Waals surface area contributed by atoms with Gasteiger partial charge in [0.2, 0.25) is 0 Å². The van der Waals surface area contributed by atoms with Gasteiger partial charge >= 0.3 is 0 Å². The van der Waals surface area contributed by atoms with Crippen molar-refractivity contribution in [3.05, 3.63) is 74.8 Å². The zero-order valence-electron chi connectivity index (χ0n) is 18.4. The lowest BCUT2D eigenvalue weighted by atomic mass is 10.1. The third-order valence-corrected chi connectivity index (χ3v) is 6.18. The van der Waals surface area contributed by atoms with Gasteiger partial charge in [0.25, 0.3) is 5.56 Å². The molecule has 8 nitrogen and oxygen atoms in total. The number of hydrogen-bond acceptors (Lipinski definition) is 6. The molecular formula is C23H22ClFN6O2. The van der Waals surface area contributed by atoms with Crippen LogP contribution in [0.1, 0.15) is 22.9 Å². The molecule has 1 unspecified atom stereocenters. The molecule has 0 radical (unpaired) electrons. The molecule has 170 valence electrons. The Hall–Kier alpha value is -3.30. The van der Waals surface area contributed by atoms with Gasteiger partial charge in [0.1, 0.15) is 23.4 Å². The summed E-state index contributed by atoms with van der Waals surface area (Å²) in [6, 6.07) is 4.38. The van der Waals surface area contributed by atoms with E-state index in [1.807, 2.05) is 18.1 Å². The predicted molar refractivity (Wildman–Crippen MR) is 123 cm³/mol. The standard InChI is InChI=1S/C23H22ClFN6O2/c1-13-14(2)27-22-21(17-5-4-16(24)8-18(17)25)28-20(12-31(22)23(13)32)30-6-7-33-19(11-30)15-9-26-29(3)10-15/h4-5,8-10,12,19H,6-7,11H2,1-3H3. The molecular weight excluding hydrogens is 447 g/mol. The lowest BCUT2D eigenvalue weighted by Crippen LogP contribution is -2.39. The van der Waals surface area contributed by atoms with E-state index in [9.17, 15) is 9.18 Å². The number of nitrogens with zero attached hydrogens (tertiary/aromatic N) is 6. The minimum absolute atomic E-state index is 0.199. The number of morpholine rings is 1. The molecule has 0 amide bonds. The molecule has 0 spiro atoms. The van der Waals surface area contributed by atoms with Crippen molar-refractivity contribution in [3.8, 4) is 11.3 Å². The number of aryl methyl sites for hydroxylation is 2. The third kappa shape index (κ3) is 3.87. The number of benzene rings is 1. The van der Waals surface area contributed by atoms with Crippen LogP contribution in [0.15, 0.2) is 41.6 Å². The van der Waals surface area contributed by atoms with Crippen LogP contribution >= 0.6 is 11.6 Å². The average Bonchev–Trinajstić information content (AvgIpc) is 3.24. The molecule has 4 aromatic rings. The summed E-state index contributed by atoms with van der Waals surface area (Å²) in [5.74, 6) is 0.00735. The van der Waals surface area contributed by atoms with Crippen LogP contribution in [-0.4, -0.2) is 43.8 Å². The Kier molecular flexibility index (Phi) is 5.38. The van der Waals surface area contributed by atoms with Crippen LogP contribution in [0.2, 0.25) is 5.02 Å². The van der Waals surface area contributed by atoms with Gasteiger partial charge < -0.3 is 9.64 Å². The highest BCUT2D eigenvalue weighted by atomic mass is 35.5. The Bertz CT molecular complexity index is 1430. The Morgan fingerprint density at radius 3 is 2.76 bits per heavy atom. The fourth-order valence-electron chi connectivity index (χ4n) is 4.00. The first-order valence-corrected chi connectivity index (χ1v) is 10.9. The summed E-state index contributed by atoms with van der Waals surface area (Å²) in [6.07, 6.45) is 5.16. The van der Waals surface area contributed by atoms with Gasteiger partial charge in [0.15, 0.2) is 5.65 Å². The number of fused-ring (bicyclic) bond motifs is 1. The molecule has 1 aliphatic rings. The number of hydrogen-bond donors (Lipinski definition) is 0. The molecule has 1 aromatic carbocycles. The van der Waals surface area contributed by atoms with Crippen molar-refractivity contribution >= 4 is 23.1 Å². The van der Waals surface area contributed by atoms with Gasteiger partial charge in [-0.15, -0.1) is 0 Å². The second-order valence-corrected chi connectivity index (χ2v) is 8.58. The minimum atomic E-state index is -0.531. The van der Waals surface area contributed by atoms with E-state index in [1.165, 1.54) is 10.5 Å². The summed E-state index contributed by atoms with van der Waals surface area (Å²) < 4.78 is 24.0. The summed E-state index contributed by atoms with van der Waals surface area (Å²) in [5, 5.41) is 4.51. The van der Waals surface area contributed by atoms with E-state index >= 15 is 0 Å². The molecule has 1 atom stereocenters. The summed E-state index contributed by atoms with van der Waals surface area (Å²) in [4.78, 5) is 24.5. The number of anilines is 1. The highest BCUT2D eigenvalue weighted by Crippen LogP contribution is 2.30. The minimum Gasteiger partial charge on any atom is -0.370 e. The van der Waals surface area contributed by atoms with Crippen molar-refractivity contribution in [1.29, 1.82) is 0 Å². The molecule has 33 heavy (non-hydrogen) atoms. The zero-order valence-corrected chi connectivity index (χ0v) is 19.2. The highest BCUT2D eigenvalue weighted by Gasteiger charge is 2.26. The molecule has 1 fully saturated rings.